The van der Waals surface area contributed by atoms with Gasteiger partial charge in [0.15, 0.2) is 0 Å². The predicted octanol–water partition coefficient (Wildman–Crippen LogP) is 7.94. The predicted molar refractivity (Wildman–Crippen MR) is 133 cm³/mol. The van der Waals surface area contributed by atoms with E-state index in [0.29, 0.717) is 30.6 Å². The molecule has 1 aliphatic heterocycles. The van der Waals surface area contributed by atoms with E-state index in [1.165, 1.54) is 4.90 Å². The van der Waals surface area contributed by atoms with Crippen molar-refractivity contribution in [2.24, 2.45) is 0 Å². The molecular weight excluding hydrogens is 510 g/mol. The van der Waals surface area contributed by atoms with E-state index in [1.54, 1.807) is 30.3 Å². The van der Waals surface area contributed by atoms with Crippen molar-refractivity contribution in [2.75, 3.05) is 0 Å². The summed E-state index contributed by atoms with van der Waals surface area (Å²) in [5.74, 6) is -0.364. The van der Waals surface area contributed by atoms with Gasteiger partial charge in [-0.1, -0.05) is 58.5 Å². The molecule has 1 saturated heterocycles. The summed E-state index contributed by atoms with van der Waals surface area (Å²) in [4.78, 5) is 27.0. The first-order valence-electron chi connectivity index (χ1n) is 9.50. The number of imide groups is 1. The van der Waals surface area contributed by atoms with Crippen molar-refractivity contribution in [3.05, 3.63) is 90.0 Å². The molecule has 4 nitrogen and oxygen atoms in total. The van der Waals surface area contributed by atoms with Gasteiger partial charge in [-0.05, 0) is 73.1 Å². The second-order valence-corrected chi connectivity index (χ2v) is 9.86. The molecule has 0 radical (unpaired) electrons. The Labute approximate surface area is 209 Å². The summed E-state index contributed by atoms with van der Waals surface area (Å²) < 4.78 is 1.97. The summed E-state index contributed by atoms with van der Waals surface area (Å²) >= 11 is 25.7. The van der Waals surface area contributed by atoms with Gasteiger partial charge in [0.2, 0.25) is 0 Å². The van der Waals surface area contributed by atoms with Gasteiger partial charge in [-0.2, -0.15) is 0 Å². The minimum atomic E-state index is -0.364. The van der Waals surface area contributed by atoms with E-state index in [4.69, 9.17) is 46.4 Å². The average Bonchev–Trinajstić information content (AvgIpc) is 3.15. The zero-order valence-corrected chi connectivity index (χ0v) is 20.8. The van der Waals surface area contributed by atoms with E-state index in [9.17, 15) is 9.59 Å². The Hall–Kier alpha value is -1.89. The molecule has 1 aliphatic rings. The number of benzene rings is 2. The number of rotatable bonds is 4. The third-order valence-corrected chi connectivity index (χ3v) is 7.45. The molecule has 32 heavy (non-hydrogen) atoms. The molecular formula is C23H16Cl4N2O2S. The minimum absolute atomic E-state index is 0.0785. The van der Waals surface area contributed by atoms with Crippen molar-refractivity contribution >= 4 is 75.4 Å². The second-order valence-electron chi connectivity index (χ2n) is 7.24. The highest BCUT2D eigenvalue weighted by Crippen LogP contribution is 2.37. The van der Waals surface area contributed by atoms with Crippen LogP contribution in [-0.2, 0) is 11.3 Å². The number of carbonyl (C=O) groups is 2. The van der Waals surface area contributed by atoms with Crippen LogP contribution in [0.15, 0.2) is 47.4 Å². The molecule has 0 unspecified atom stereocenters. The van der Waals surface area contributed by atoms with Gasteiger partial charge >= 0.3 is 0 Å². The topological polar surface area (TPSA) is 42.3 Å². The normalized spacial score (nSPS) is 15.3. The molecule has 1 fully saturated rings. The van der Waals surface area contributed by atoms with Gasteiger partial charge in [0, 0.05) is 21.4 Å². The van der Waals surface area contributed by atoms with E-state index in [1.807, 2.05) is 36.6 Å². The molecule has 3 aromatic rings. The first-order chi connectivity index (χ1) is 15.2. The maximum Gasteiger partial charge on any atom is 0.293 e. The fourth-order valence-corrected chi connectivity index (χ4v) is 5.24. The number of carbonyl (C=O) groups excluding carboxylic acids is 2. The molecule has 9 heteroatoms. The fourth-order valence-electron chi connectivity index (χ4n) is 3.57. The molecule has 0 bridgehead atoms. The Morgan fingerprint density at radius 3 is 2.44 bits per heavy atom. The first-order valence-corrected chi connectivity index (χ1v) is 11.8. The zero-order valence-electron chi connectivity index (χ0n) is 17.0. The molecule has 164 valence electrons. The Balaban J connectivity index is 1.66. The largest absolute Gasteiger partial charge is 0.316 e. The minimum Gasteiger partial charge on any atom is -0.316 e. The number of aromatic nitrogens is 1. The summed E-state index contributed by atoms with van der Waals surface area (Å²) in [6.45, 7) is 3.94. The van der Waals surface area contributed by atoms with Crippen LogP contribution in [0.4, 0.5) is 4.79 Å². The fraction of sp³-hybridized carbons (Fsp3) is 0.130. The van der Waals surface area contributed by atoms with Crippen LogP contribution < -0.4 is 0 Å². The molecule has 0 atom stereocenters. The van der Waals surface area contributed by atoms with Crippen LogP contribution in [0.25, 0.3) is 11.8 Å². The number of hydrogen-bond acceptors (Lipinski definition) is 3. The lowest BCUT2D eigenvalue weighted by Gasteiger charge is -2.13. The van der Waals surface area contributed by atoms with Crippen molar-refractivity contribution in [2.45, 2.75) is 20.4 Å². The second kappa shape index (κ2) is 9.16. The van der Waals surface area contributed by atoms with Crippen LogP contribution >= 0.6 is 58.2 Å². The smallest absolute Gasteiger partial charge is 0.293 e. The molecule has 0 N–H and O–H groups in total. The standard InChI is InChI=1S/C23H16Cl4N2O2S/c1-12-8-15(13(2)29(12)19-5-3-4-17(25)21(19)27)9-20-22(30)28(23(31)32-20)11-14-6-7-16(24)10-18(14)26/h3-10H,11H2,1-2H3/b20-9-. The van der Waals surface area contributed by atoms with E-state index < -0.39 is 0 Å². The Morgan fingerprint density at radius 2 is 1.72 bits per heavy atom. The summed E-state index contributed by atoms with van der Waals surface area (Å²) in [7, 11) is 0. The quantitative estimate of drug-likeness (QED) is 0.324. The van der Waals surface area contributed by atoms with Gasteiger partial charge in [-0.15, -0.1) is 0 Å². The van der Waals surface area contributed by atoms with Crippen LogP contribution in [-0.4, -0.2) is 20.6 Å². The maximum atomic E-state index is 13.0. The molecule has 0 spiro atoms. The lowest BCUT2D eigenvalue weighted by atomic mass is 10.2. The summed E-state index contributed by atoms with van der Waals surface area (Å²) in [5.41, 5.74) is 4.01. The summed E-state index contributed by atoms with van der Waals surface area (Å²) in [6, 6.07) is 12.3. The van der Waals surface area contributed by atoms with Gasteiger partial charge in [-0.25, -0.2) is 0 Å². The van der Waals surface area contributed by atoms with E-state index >= 15 is 0 Å². The van der Waals surface area contributed by atoms with Crippen molar-refractivity contribution in [1.29, 1.82) is 0 Å². The monoisotopic (exact) mass is 524 g/mol. The number of halogens is 4. The van der Waals surface area contributed by atoms with Gasteiger partial charge in [-0.3, -0.25) is 14.5 Å². The maximum absolute atomic E-state index is 13.0. The molecule has 2 aromatic carbocycles. The number of thioether (sulfide) groups is 1. The molecule has 2 heterocycles. The van der Waals surface area contributed by atoms with Gasteiger partial charge in [0.1, 0.15) is 0 Å². The highest BCUT2D eigenvalue weighted by Gasteiger charge is 2.35. The molecule has 4 rings (SSSR count). The summed E-state index contributed by atoms with van der Waals surface area (Å²) in [5, 5.41) is 1.45. The van der Waals surface area contributed by atoms with Crippen molar-refractivity contribution in [3.8, 4) is 5.69 Å². The van der Waals surface area contributed by atoms with Crippen molar-refractivity contribution < 1.29 is 9.59 Å². The van der Waals surface area contributed by atoms with Crippen LogP contribution in [0.3, 0.4) is 0 Å². The van der Waals surface area contributed by atoms with E-state index in [2.05, 4.69) is 0 Å². The highest BCUT2D eigenvalue weighted by atomic mass is 35.5. The Kier molecular flexibility index (Phi) is 6.66. The molecule has 0 saturated carbocycles. The number of hydrogen-bond donors (Lipinski definition) is 0. The third-order valence-electron chi connectivity index (χ3n) is 5.15. The van der Waals surface area contributed by atoms with Gasteiger partial charge in [0.25, 0.3) is 11.1 Å². The molecule has 0 aliphatic carbocycles. The lowest BCUT2D eigenvalue weighted by molar-refractivity contribution is -0.123. The Morgan fingerprint density at radius 1 is 0.969 bits per heavy atom. The average molecular weight is 526 g/mol. The number of nitrogens with zero attached hydrogens (tertiary/aromatic N) is 2. The van der Waals surface area contributed by atoms with Gasteiger partial charge in [0.05, 0.1) is 27.2 Å². The SMILES string of the molecule is Cc1cc(/C=C2\SC(=O)N(Cc3ccc(Cl)cc3Cl)C2=O)c(C)n1-c1cccc(Cl)c1Cl. The van der Waals surface area contributed by atoms with Crippen LogP contribution in [0.5, 0.6) is 0 Å². The van der Waals surface area contributed by atoms with Crippen LogP contribution in [0.1, 0.15) is 22.5 Å². The summed E-state index contributed by atoms with van der Waals surface area (Å²) in [6.07, 6.45) is 1.73. The highest BCUT2D eigenvalue weighted by molar-refractivity contribution is 8.18. The zero-order chi connectivity index (χ0) is 23.2. The van der Waals surface area contributed by atoms with Gasteiger partial charge < -0.3 is 4.57 Å². The van der Waals surface area contributed by atoms with Crippen molar-refractivity contribution in [1.82, 2.24) is 9.47 Å². The van der Waals surface area contributed by atoms with E-state index in [0.717, 1.165) is 34.4 Å². The van der Waals surface area contributed by atoms with E-state index in [-0.39, 0.29) is 17.7 Å². The van der Waals surface area contributed by atoms with Crippen LogP contribution in [0.2, 0.25) is 20.1 Å². The molecule has 2 amide bonds. The third kappa shape index (κ3) is 4.33. The number of amides is 2. The van der Waals surface area contributed by atoms with Crippen molar-refractivity contribution in [3.63, 3.8) is 0 Å². The van der Waals surface area contributed by atoms with Crippen LogP contribution in [0, 0.1) is 13.8 Å². The Bertz CT molecular complexity index is 1300. The first kappa shape index (κ1) is 23.3. The lowest BCUT2D eigenvalue weighted by Crippen LogP contribution is -2.27. The molecule has 1 aromatic heterocycles. The number of aryl methyl sites for hydroxylation is 1.